The van der Waals surface area contributed by atoms with Crippen molar-refractivity contribution in [1.82, 2.24) is 16.0 Å². The van der Waals surface area contributed by atoms with Crippen LogP contribution in [0.1, 0.15) is 32.1 Å². The molecule has 0 aromatic heterocycles. The van der Waals surface area contributed by atoms with Crippen molar-refractivity contribution in [2.24, 2.45) is 0 Å². The highest BCUT2D eigenvalue weighted by Gasteiger charge is 2.26. The molecule has 0 aromatic carbocycles. The molecule has 0 aromatic rings. The van der Waals surface area contributed by atoms with E-state index in [1.807, 2.05) is 0 Å². The zero-order chi connectivity index (χ0) is 11.4. The summed E-state index contributed by atoms with van der Waals surface area (Å²) in [5.74, 6) is -0.0542. The van der Waals surface area contributed by atoms with E-state index in [0.717, 1.165) is 13.0 Å². The summed E-state index contributed by atoms with van der Waals surface area (Å²) in [7, 11) is 0. The van der Waals surface area contributed by atoms with Crippen molar-refractivity contribution in [2.45, 2.75) is 44.2 Å². The molecule has 2 heterocycles. The molecule has 5 nitrogen and oxygen atoms in total. The Bertz CT molecular complexity index is 274. The van der Waals surface area contributed by atoms with Gasteiger partial charge in [-0.15, -0.1) is 0 Å². The van der Waals surface area contributed by atoms with E-state index in [9.17, 15) is 9.59 Å². The van der Waals surface area contributed by atoms with Crippen molar-refractivity contribution in [3.63, 3.8) is 0 Å². The predicted molar refractivity (Wildman–Crippen MR) is 59.8 cm³/mol. The van der Waals surface area contributed by atoms with Crippen LogP contribution in [-0.4, -0.2) is 37.0 Å². The third kappa shape index (κ3) is 2.95. The monoisotopic (exact) mass is 225 g/mol. The van der Waals surface area contributed by atoms with E-state index < -0.39 is 0 Å². The molecule has 2 amide bonds. The second kappa shape index (κ2) is 5.30. The minimum atomic E-state index is -0.302. The van der Waals surface area contributed by atoms with Crippen LogP contribution in [0.5, 0.6) is 0 Å². The van der Waals surface area contributed by atoms with Crippen molar-refractivity contribution in [3.05, 3.63) is 0 Å². The summed E-state index contributed by atoms with van der Waals surface area (Å²) in [5.41, 5.74) is 0. The van der Waals surface area contributed by atoms with Gasteiger partial charge in [0.05, 0.1) is 0 Å². The minimum absolute atomic E-state index is 0.0161. The molecule has 1 unspecified atom stereocenters. The maximum absolute atomic E-state index is 11.6. The van der Waals surface area contributed by atoms with Crippen LogP contribution >= 0.6 is 0 Å². The predicted octanol–water partition coefficient (Wildman–Crippen LogP) is -0.477. The Labute approximate surface area is 95.3 Å². The Kier molecular flexibility index (Phi) is 3.77. The van der Waals surface area contributed by atoms with E-state index in [2.05, 4.69) is 16.0 Å². The third-order valence-corrected chi connectivity index (χ3v) is 3.27. The summed E-state index contributed by atoms with van der Waals surface area (Å²) in [6.45, 7) is 1.79. The normalized spacial score (nSPS) is 29.1. The molecule has 2 saturated heterocycles. The fraction of sp³-hybridized carbons (Fsp3) is 0.818. The van der Waals surface area contributed by atoms with E-state index >= 15 is 0 Å². The standard InChI is InChI=1S/C11H19N3O2/c15-10-4-3-9(14-10)11(16)13-7-5-8-2-1-6-12-8/h8-9,12H,1-7H2,(H,13,16)(H,14,15)/t8?,9-/m1/s1. The number of nitrogens with one attached hydrogen (secondary N) is 3. The number of carbonyl (C=O) groups is 2. The molecule has 2 aliphatic rings. The molecular formula is C11H19N3O2. The molecule has 5 heteroatoms. The van der Waals surface area contributed by atoms with Crippen LogP contribution in [0.2, 0.25) is 0 Å². The smallest absolute Gasteiger partial charge is 0.242 e. The first-order valence-corrected chi connectivity index (χ1v) is 6.06. The van der Waals surface area contributed by atoms with E-state index in [4.69, 9.17) is 0 Å². The van der Waals surface area contributed by atoms with Gasteiger partial charge >= 0.3 is 0 Å². The van der Waals surface area contributed by atoms with Crippen molar-refractivity contribution < 1.29 is 9.59 Å². The molecule has 0 spiro atoms. The lowest BCUT2D eigenvalue weighted by Gasteiger charge is -2.13. The fourth-order valence-corrected chi connectivity index (χ4v) is 2.31. The third-order valence-electron chi connectivity index (χ3n) is 3.27. The maximum atomic E-state index is 11.6. The molecule has 2 atom stereocenters. The first-order valence-electron chi connectivity index (χ1n) is 6.06. The van der Waals surface area contributed by atoms with Crippen LogP contribution in [-0.2, 0) is 9.59 Å². The van der Waals surface area contributed by atoms with Gasteiger partial charge in [0.1, 0.15) is 6.04 Å². The van der Waals surface area contributed by atoms with E-state index in [0.29, 0.717) is 25.4 Å². The zero-order valence-corrected chi connectivity index (χ0v) is 9.42. The van der Waals surface area contributed by atoms with E-state index in [-0.39, 0.29) is 17.9 Å². The van der Waals surface area contributed by atoms with Gasteiger partial charge in [0.2, 0.25) is 11.8 Å². The first kappa shape index (κ1) is 11.4. The molecule has 3 N–H and O–H groups in total. The lowest BCUT2D eigenvalue weighted by atomic mass is 10.1. The topological polar surface area (TPSA) is 70.2 Å². The highest BCUT2D eigenvalue weighted by Crippen LogP contribution is 2.08. The Hall–Kier alpha value is -1.10. The van der Waals surface area contributed by atoms with Crippen LogP contribution in [0.25, 0.3) is 0 Å². The van der Waals surface area contributed by atoms with E-state index in [1.165, 1.54) is 12.8 Å². The van der Waals surface area contributed by atoms with Gasteiger partial charge in [0, 0.05) is 19.0 Å². The quantitative estimate of drug-likeness (QED) is 0.605. The number of amides is 2. The van der Waals surface area contributed by atoms with Gasteiger partial charge in [-0.25, -0.2) is 0 Å². The fourth-order valence-electron chi connectivity index (χ4n) is 2.31. The SMILES string of the molecule is O=C1CC[C@H](C(=O)NCCC2CCCN2)N1. The molecule has 2 aliphatic heterocycles. The average Bonchev–Trinajstić information content (AvgIpc) is 2.89. The number of hydrogen-bond donors (Lipinski definition) is 3. The Balaban J connectivity index is 1.61. The van der Waals surface area contributed by atoms with Crippen molar-refractivity contribution in [2.75, 3.05) is 13.1 Å². The number of carbonyl (C=O) groups excluding carboxylic acids is 2. The lowest BCUT2D eigenvalue weighted by molar-refractivity contribution is -0.125. The number of hydrogen-bond acceptors (Lipinski definition) is 3. The van der Waals surface area contributed by atoms with Gasteiger partial charge in [-0.1, -0.05) is 0 Å². The zero-order valence-electron chi connectivity index (χ0n) is 9.42. The van der Waals surface area contributed by atoms with Gasteiger partial charge in [-0.05, 0) is 32.2 Å². The molecule has 90 valence electrons. The molecule has 0 radical (unpaired) electrons. The Morgan fingerprint density at radius 2 is 2.31 bits per heavy atom. The van der Waals surface area contributed by atoms with Gasteiger partial charge in [0.15, 0.2) is 0 Å². The molecule has 0 bridgehead atoms. The van der Waals surface area contributed by atoms with Crippen molar-refractivity contribution in [3.8, 4) is 0 Å². The average molecular weight is 225 g/mol. The second-order valence-electron chi connectivity index (χ2n) is 4.53. The van der Waals surface area contributed by atoms with Crippen LogP contribution in [0.3, 0.4) is 0 Å². The maximum Gasteiger partial charge on any atom is 0.242 e. The molecular weight excluding hydrogens is 206 g/mol. The van der Waals surface area contributed by atoms with Gasteiger partial charge in [-0.3, -0.25) is 9.59 Å². The molecule has 0 aliphatic carbocycles. The van der Waals surface area contributed by atoms with E-state index in [1.54, 1.807) is 0 Å². The largest absolute Gasteiger partial charge is 0.354 e. The molecule has 2 rings (SSSR count). The van der Waals surface area contributed by atoms with Crippen molar-refractivity contribution in [1.29, 1.82) is 0 Å². The Morgan fingerprint density at radius 1 is 1.44 bits per heavy atom. The summed E-state index contributed by atoms with van der Waals surface area (Å²) in [4.78, 5) is 22.6. The lowest BCUT2D eigenvalue weighted by Crippen LogP contribution is -2.42. The van der Waals surface area contributed by atoms with Gasteiger partial charge < -0.3 is 16.0 Å². The van der Waals surface area contributed by atoms with Crippen LogP contribution in [0.15, 0.2) is 0 Å². The van der Waals surface area contributed by atoms with Crippen molar-refractivity contribution >= 4 is 11.8 Å². The highest BCUT2D eigenvalue weighted by atomic mass is 16.2. The summed E-state index contributed by atoms with van der Waals surface area (Å²) < 4.78 is 0. The minimum Gasteiger partial charge on any atom is -0.354 e. The first-order chi connectivity index (χ1) is 7.75. The molecule has 0 saturated carbocycles. The van der Waals surface area contributed by atoms with Crippen LogP contribution in [0.4, 0.5) is 0 Å². The molecule has 2 fully saturated rings. The van der Waals surface area contributed by atoms with Gasteiger partial charge in [-0.2, -0.15) is 0 Å². The summed E-state index contributed by atoms with van der Waals surface area (Å²) in [5, 5.41) is 8.93. The summed E-state index contributed by atoms with van der Waals surface area (Å²) >= 11 is 0. The number of rotatable bonds is 4. The van der Waals surface area contributed by atoms with Crippen LogP contribution < -0.4 is 16.0 Å². The Morgan fingerprint density at radius 3 is 2.94 bits per heavy atom. The highest BCUT2D eigenvalue weighted by molar-refractivity contribution is 5.90. The summed E-state index contributed by atoms with van der Waals surface area (Å²) in [6.07, 6.45) is 4.52. The summed E-state index contributed by atoms with van der Waals surface area (Å²) in [6, 6.07) is 0.252. The van der Waals surface area contributed by atoms with Crippen LogP contribution in [0, 0.1) is 0 Å². The molecule has 16 heavy (non-hydrogen) atoms. The van der Waals surface area contributed by atoms with Gasteiger partial charge in [0.25, 0.3) is 0 Å². The second-order valence-corrected chi connectivity index (χ2v) is 4.53.